The predicted octanol–water partition coefficient (Wildman–Crippen LogP) is -6.55. The topological polar surface area (TPSA) is 52.4 Å². The molecule has 7 heteroatoms. The molecule has 0 atom stereocenters. The summed E-state index contributed by atoms with van der Waals surface area (Å²) in [5.74, 6) is 0. The first kappa shape index (κ1) is 22.7. The molecule has 0 saturated heterocycles. The smallest absolute Gasteiger partial charge is 1.00 e. The molecule has 0 aromatic heterocycles. The number of nitrogens with zero attached hydrogens (tertiary/aromatic N) is 1. The summed E-state index contributed by atoms with van der Waals surface area (Å²) < 4.78 is 0. The molecule has 0 rings (SSSR count). The van der Waals surface area contributed by atoms with Crippen LogP contribution in [0.15, 0.2) is 0 Å². The summed E-state index contributed by atoms with van der Waals surface area (Å²) >= 11 is 0. The van der Waals surface area contributed by atoms with Gasteiger partial charge in [-0.2, -0.15) is 0 Å². The molecule has 8 heavy (non-hydrogen) atoms. The second-order valence-corrected chi connectivity index (χ2v) is 0.406. The van der Waals surface area contributed by atoms with E-state index in [2.05, 4.69) is 4.84 Å². The molecule has 4 nitrogen and oxygen atoms in total. The van der Waals surface area contributed by atoms with E-state index in [0.717, 1.165) is 7.11 Å². The molecule has 0 aliphatic carbocycles. The summed E-state index contributed by atoms with van der Waals surface area (Å²) in [5, 5.41) is 8.08. The summed E-state index contributed by atoms with van der Waals surface area (Å²) in [6.07, 6.45) is 0. The summed E-state index contributed by atoms with van der Waals surface area (Å²) in [4.78, 5) is 12.4. The van der Waals surface area contributed by atoms with Crippen LogP contribution in [0.3, 0.4) is 0 Å². The van der Waals surface area contributed by atoms with Gasteiger partial charge in [0.2, 0.25) is 0 Å². The number of halogens is 2. The molecule has 0 heterocycles. The molecule has 0 aliphatic heterocycles. The van der Waals surface area contributed by atoms with E-state index in [1.54, 1.807) is 0 Å². The minimum absolute atomic E-state index is 0. The van der Waals surface area contributed by atoms with Gasteiger partial charge in [0, 0.05) is 0 Å². The van der Waals surface area contributed by atoms with Crippen LogP contribution < -0.4 is 34.0 Å². The van der Waals surface area contributed by atoms with Crippen molar-refractivity contribution in [3.05, 3.63) is 10.1 Å². The predicted molar refractivity (Wildman–Crippen MR) is 19.8 cm³/mol. The van der Waals surface area contributed by atoms with Gasteiger partial charge in [0.15, 0.2) is 0 Å². The normalized spacial score (nSPS) is 4.12. The van der Waals surface area contributed by atoms with Crippen LogP contribution in [0.2, 0.25) is 0 Å². The Morgan fingerprint density at radius 2 is 1.62 bits per heavy atom. The fourth-order valence-corrected chi connectivity index (χ4v) is 0. The van der Waals surface area contributed by atoms with Gasteiger partial charge in [0.1, 0.15) is 0 Å². The molecule has 0 radical (unpaired) electrons. The van der Waals surface area contributed by atoms with Gasteiger partial charge in [-0.3, -0.25) is 0 Å². The molecule has 0 saturated carbocycles. The largest absolute Gasteiger partial charge is 2.00 e. The van der Waals surface area contributed by atoms with Crippen LogP contribution in [0.1, 0.15) is 0 Å². The fraction of sp³-hybridized carbons (Fsp3) is 1.00. The summed E-state index contributed by atoms with van der Waals surface area (Å²) in [7, 11) is 1.00. The molecule has 0 fully saturated rings. The minimum atomic E-state index is -0.875. The Bertz CT molecular complexity index is 52.5. The van der Waals surface area contributed by atoms with Gasteiger partial charge < -0.3 is 38.8 Å². The maximum Gasteiger partial charge on any atom is 2.00 e. The molecular weight excluding hydrogens is 274 g/mol. The van der Waals surface area contributed by atoms with E-state index >= 15 is 0 Å². The molecule has 0 spiro atoms. The van der Waals surface area contributed by atoms with E-state index in [1.807, 2.05) is 0 Å². The van der Waals surface area contributed by atoms with Crippen molar-refractivity contribution in [1.29, 1.82) is 0 Å². The van der Waals surface area contributed by atoms with Crippen molar-refractivity contribution < 1.29 is 43.9 Å². The zero-order chi connectivity index (χ0) is 4.28. The van der Waals surface area contributed by atoms with Gasteiger partial charge in [-0.15, -0.1) is 10.1 Å². The first-order valence-corrected chi connectivity index (χ1v) is 0.956. The zero-order valence-corrected chi connectivity index (χ0v) is 9.52. The van der Waals surface area contributed by atoms with Crippen LogP contribution in [-0.4, -0.2) is 49.9 Å². The van der Waals surface area contributed by atoms with Gasteiger partial charge in [-0.05, 0) is 0 Å². The van der Waals surface area contributed by atoms with Crippen LogP contribution in [0.5, 0.6) is 0 Å². The van der Waals surface area contributed by atoms with E-state index in [4.69, 9.17) is 10.1 Å². The van der Waals surface area contributed by atoms with Gasteiger partial charge in [0.25, 0.3) is 5.09 Å². The van der Waals surface area contributed by atoms with Crippen molar-refractivity contribution in [2.45, 2.75) is 0 Å². The Morgan fingerprint density at radius 3 is 1.62 bits per heavy atom. The van der Waals surface area contributed by atoms with Crippen LogP contribution in [-0.2, 0) is 4.84 Å². The maximum absolute atomic E-state index is 8.95. The van der Waals surface area contributed by atoms with Crippen molar-refractivity contribution in [1.82, 2.24) is 0 Å². The van der Waals surface area contributed by atoms with E-state index in [1.165, 1.54) is 0 Å². The van der Waals surface area contributed by atoms with Crippen LogP contribution in [0.4, 0.5) is 0 Å². The molecule has 0 N–H and O–H groups in total. The van der Waals surface area contributed by atoms with Crippen molar-refractivity contribution in [2.24, 2.45) is 0 Å². The Hall–Kier alpha value is 1.42. The van der Waals surface area contributed by atoms with E-state index in [9.17, 15) is 0 Å². The second kappa shape index (κ2) is 15.8. The van der Waals surface area contributed by atoms with E-state index in [0.29, 0.717) is 0 Å². The van der Waals surface area contributed by atoms with Crippen LogP contribution in [0, 0.1) is 10.1 Å². The van der Waals surface area contributed by atoms with Crippen molar-refractivity contribution in [3.8, 4) is 0 Å². The Morgan fingerprint density at radius 1 is 1.50 bits per heavy atom. The summed E-state index contributed by atoms with van der Waals surface area (Å²) in [6.45, 7) is 0. The average molecular weight is 277 g/mol. The number of hydrogen-bond acceptors (Lipinski definition) is 3. The summed E-state index contributed by atoms with van der Waals surface area (Å²) in [5.41, 5.74) is 0. The van der Waals surface area contributed by atoms with E-state index in [-0.39, 0.29) is 71.7 Å². The Labute approximate surface area is 97.6 Å². The second-order valence-electron chi connectivity index (χ2n) is 0.406. The van der Waals surface area contributed by atoms with E-state index < -0.39 is 5.09 Å². The van der Waals surface area contributed by atoms with Crippen LogP contribution >= 0.6 is 0 Å². The quantitative estimate of drug-likeness (QED) is 0.272. The zero-order valence-electron chi connectivity index (χ0n) is 4.13. The molecule has 0 unspecified atom stereocenters. The van der Waals surface area contributed by atoms with Crippen molar-refractivity contribution in [2.75, 3.05) is 7.11 Å². The number of rotatable bonds is 1. The molecule has 0 amide bonds. The monoisotopic (exact) mass is 275 g/mol. The molecule has 0 aromatic rings. The average Bonchev–Trinajstić information content (AvgIpc) is 1.38. The Kier molecular flexibility index (Phi) is 44.8. The van der Waals surface area contributed by atoms with Gasteiger partial charge in [-0.25, -0.2) is 0 Å². The molecular formula is CH3Br2CaNO3. The Balaban J connectivity index is -0.0000000267. The molecule has 0 aliphatic rings. The molecule has 0 bridgehead atoms. The third kappa shape index (κ3) is 26.1. The van der Waals surface area contributed by atoms with Crippen molar-refractivity contribution >= 4 is 37.7 Å². The van der Waals surface area contributed by atoms with Gasteiger partial charge in [-0.1, -0.05) is 0 Å². The first-order valence-electron chi connectivity index (χ1n) is 0.956. The number of hydrogen-bond donors (Lipinski definition) is 0. The maximum atomic E-state index is 8.95. The standard InChI is InChI=1S/CH3NO3.2BrH.Ca/c1-5-2(3)4;;;/h1H3;2*1H;/q;;;+2/p-2. The fourth-order valence-electron chi connectivity index (χ4n) is 0. The molecule has 0 aromatic carbocycles. The SMILES string of the molecule is CO[N+](=O)[O-].[Br-].[Br-].[Ca+2]. The third-order valence-electron chi connectivity index (χ3n) is 0.149. The van der Waals surface area contributed by atoms with Gasteiger partial charge in [0.05, 0.1) is 7.11 Å². The third-order valence-corrected chi connectivity index (χ3v) is 0.149. The first-order chi connectivity index (χ1) is 2.27. The molecule has 46 valence electrons. The van der Waals surface area contributed by atoms with Crippen molar-refractivity contribution in [3.63, 3.8) is 0 Å². The minimum Gasteiger partial charge on any atom is -1.00 e. The summed E-state index contributed by atoms with van der Waals surface area (Å²) in [6, 6.07) is 0. The van der Waals surface area contributed by atoms with Gasteiger partial charge >= 0.3 is 37.7 Å². The van der Waals surface area contributed by atoms with Crippen LogP contribution in [0.25, 0.3) is 0 Å².